The van der Waals surface area contributed by atoms with Crippen molar-refractivity contribution in [2.75, 3.05) is 6.61 Å². The molecule has 1 unspecified atom stereocenters. The van der Waals surface area contributed by atoms with E-state index in [-0.39, 0.29) is 11.9 Å². The molecular weight excluding hydrogens is 188 g/mol. The number of rotatable bonds is 4. The van der Waals surface area contributed by atoms with Crippen molar-refractivity contribution in [1.82, 2.24) is 0 Å². The van der Waals surface area contributed by atoms with E-state index in [1.165, 1.54) is 0 Å². The summed E-state index contributed by atoms with van der Waals surface area (Å²) in [4.78, 5) is 12.0. The highest BCUT2D eigenvalue weighted by atomic mass is 16.5. The summed E-state index contributed by atoms with van der Waals surface area (Å²) in [6.07, 6.45) is -0.351. The number of benzene rings is 1. The van der Waals surface area contributed by atoms with Gasteiger partial charge in [-0.2, -0.15) is 0 Å². The minimum Gasteiger partial charge on any atom is -0.371 e. The molecule has 0 spiro atoms. The molecule has 1 rings (SSSR count). The molecule has 0 aliphatic carbocycles. The van der Waals surface area contributed by atoms with Crippen molar-refractivity contribution in [2.24, 2.45) is 0 Å². The second kappa shape index (κ2) is 5.08. The van der Waals surface area contributed by atoms with E-state index < -0.39 is 0 Å². The van der Waals surface area contributed by atoms with Crippen LogP contribution in [0.4, 0.5) is 0 Å². The highest BCUT2D eigenvalue weighted by Gasteiger charge is 2.17. The Kier molecular flexibility index (Phi) is 4.04. The molecule has 15 heavy (non-hydrogen) atoms. The van der Waals surface area contributed by atoms with Gasteiger partial charge in [0.25, 0.3) is 0 Å². The van der Waals surface area contributed by atoms with Gasteiger partial charge in [-0.3, -0.25) is 4.79 Å². The smallest absolute Gasteiger partial charge is 0.191 e. The molecular formula is C13H18O2. The quantitative estimate of drug-likeness (QED) is 0.708. The zero-order valence-electron chi connectivity index (χ0n) is 9.83. The van der Waals surface area contributed by atoms with Gasteiger partial charge in [0.05, 0.1) is 0 Å². The molecule has 0 saturated carbocycles. The van der Waals surface area contributed by atoms with Gasteiger partial charge in [0.2, 0.25) is 0 Å². The van der Waals surface area contributed by atoms with Crippen LogP contribution in [0.25, 0.3) is 0 Å². The van der Waals surface area contributed by atoms with Crippen molar-refractivity contribution >= 4 is 5.78 Å². The molecule has 0 bridgehead atoms. The first-order valence-corrected chi connectivity index (χ1v) is 5.30. The molecule has 1 aromatic carbocycles. The lowest BCUT2D eigenvalue weighted by molar-refractivity contribution is 0.0520. The van der Waals surface area contributed by atoms with Gasteiger partial charge < -0.3 is 4.74 Å². The van der Waals surface area contributed by atoms with Crippen LogP contribution in [0, 0.1) is 13.8 Å². The number of hydrogen-bond donors (Lipinski definition) is 0. The van der Waals surface area contributed by atoms with E-state index in [2.05, 4.69) is 0 Å². The molecule has 0 aliphatic heterocycles. The summed E-state index contributed by atoms with van der Waals surface area (Å²) < 4.78 is 5.30. The molecule has 0 aromatic heterocycles. The summed E-state index contributed by atoms with van der Waals surface area (Å²) in [5, 5.41) is 0. The summed E-state index contributed by atoms with van der Waals surface area (Å²) in [6.45, 7) is 8.25. The van der Waals surface area contributed by atoms with Crippen molar-refractivity contribution < 1.29 is 9.53 Å². The van der Waals surface area contributed by atoms with E-state index in [9.17, 15) is 4.79 Å². The average Bonchev–Trinajstić information content (AvgIpc) is 2.21. The Morgan fingerprint density at radius 3 is 2.67 bits per heavy atom. The maximum atomic E-state index is 12.0. The number of carbonyl (C=O) groups excluding carboxylic acids is 1. The van der Waals surface area contributed by atoms with Gasteiger partial charge in [0.1, 0.15) is 6.10 Å². The monoisotopic (exact) mass is 206 g/mol. The van der Waals surface area contributed by atoms with E-state index in [4.69, 9.17) is 4.74 Å². The van der Waals surface area contributed by atoms with Crippen molar-refractivity contribution in [2.45, 2.75) is 33.8 Å². The van der Waals surface area contributed by atoms with E-state index in [1.807, 2.05) is 39.0 Å². The van der Waals surface area contributed by atoms with Gasteiger partial charge in [-0.1, -0.05) is 18.2 Å². The first-order chi connectivity index (χ1) is 7.07. The van der Waals surface area contributed by atoms with Crippen molar-refractivity contribution in [1.29, 1.82) is 0 Å². The highest BCUT2D eigenvalue weighted by molar-refractivity contribution is 6.00. The number of carbonyl (C=O) groups is 1. The van der Waals surface area contributed by atoms with Crippen LogP contribution in [-0.4, -0.2) is 18.5 Å². The lowest BCUT2D eigenvalue weighted by atomic mass is 9.98. The fraction of sp³-hybridized carbons (Fsp3) is 0.462. The Bertz CT molecular complexity index is 356. The number of Topliss-reactive ketones (excluding diaryl/α,β-unsaturated/α-hetero) is 1. The normalized spacial score (nSPS) is 12.5. The molecule has 2 heteroatoms. The van der Waals surface area contributed by atoms with E-state index in [0.29, 0.717) is 6.61 Å². The van der Waals surface area contributed by atoms with Crippen LogP contribution in [0.2, 0.25) is 0 Å². The second-order valence-electron chi connectivity index (χ2n) is 3.71. The van der Waals surface area contributed by atoms with Crippen LogP contribution in [0.15, 0.2) is 18.2 Å². The molecule has 0 amide bonds. The maximum Gasteiger partial charge on any atom is 0.191 e. The summed E-state index contributed by atoms with van der Waals surface area (Å²) >= 11 is 0. The predicted molar refractivity (Wildman–Crippen MR) is 61.3 cm³/mol. The molecule has 1 aromatic rings. The summed E-state index contributed by atoms with van der Waals surface area (Å²) in [7, 11) is 0. The Balaban J connectivity index is 2.96. The van der Waals surface area contributed by atoms with E-state index in [1.54, 1.807) is 6.92 Å². The van der Waals surface area contributed by atoms with Gasteiger partial charge >= 0.3 is 0 Å². The summed E-state index contributed by atoms with van der Waals surface area (Å²) in [5.41, 5.74) is 2.97. The fourth-order valence-electron chi connectivity index (χ4n) is 1.56. The summed E-state index contributed by atoms with van der Waals surface area (Å²) in [6, 6.07) is 5.78. The highest BCUT2D eigenvalue weighted by Crippen LogP contribution is 2.15. The number of aryl methyl sites for hydroxylation is 1. The van der Waals surface area contributed by atoms with Crippen molar-refractivity contribution in [3.05, 3.63) is 34.9 Å². The Morgan fingerprint density at radius 2 is 2.07 bits per heavy atom. The van der Waals surface area contributed by atoms with Crippen LogP contribution in [0.3, 0.4) is 0 Å². The largest absolute Gasteiger partial charge is 0.371 e. The van der Waals surface area contributed by atoms with E-state index >= 15 is 0 Å². The Morgan fingerprint density at radius 1 is 1.40 bits per heavy atom. The molecule has 2 nitrogen and oxygen atoms in total. The van der Waals surface area contributed by atoms with Gasteiger partial charge in [-0.05, 0) is 38.8 Å². The first kappa shape index (κ1) is 11.9. The average molecular weight is 206 g/mol. The number of ether oxygens (including phenoxy) is 1. The minimum atomic E-state index is -0.351. The third kappa shape index (κ3) is 2.66. The zero-order chi connectivity index (χ0) is 11.4. The van der Waals surface area contributed by atoms with Crippen LogP contribution in [0.1, 0.15) is 35.3 Å². The van der Waals surface area contributed by atoms with Crippen LogP contribution in [-0.2, 0) is 4.74 Å². The Labute approximate surface area is 91.3 Å². The number of ketones is 1. The predicted octanol–water partition coefficient (Wildman–Crippen LogP) is 2.91. The third-order valence-electron chi connectivity index (χ3n) is 2.66. The second-order valence-corrected chi connectivity index (χ2v) is 3.71. The lowest BCUT2D eigenvalue weighted by Gasteiger charge is -2.13. The number of hydrogen-bond acceptors (Lipinski definition) is 2. The van der Waals surface area contributed by atoms with Gasteiger partial charge in [-0.15, -0.1) is 0 Å². The van der Waals surface area contributed by atoms with Gasteiger partial charge in [0, 0.05) is 12.2 Å². The molecule has 0 radical (unpaired) electrons. The standard InChI is InChI=1S/C13H18O2/c1-5-15-11(4)13(14)12-8-6-7-9(2)10(12)3/h6-8,11H,5H2,1-4H3. The minimum absolute atomic E-state index is 0.0676. The zero-order valence-corrected chi connectivity index (χ0v) is 9.83. The van der Waals surface area contributed by atoms with Crippen LogP contribution in [0.5, 0.6) is 0 Å². The lowest BCUT2D eigenvalue weighted by Crippen LogP contribution is -2.21. The van der Waals surface area contributed by atoms with Gasteiger partial charge in [-0.25, -0.2) is 0 Å². The molecule has 0 heterocycles. The van der Waals surface area contributed by atoms with Crippen LogP contribution >= 0.6 is 0 Å². The van der Waals surface area contributed by atoms with Gasteiger partial charge in [0.15, 0.2) is 5.78 Å². The maximum absolute atomic E-state index is 12.0. The topological polar surface area (TPSA) is 26.3 Å². The first-order valence-electron chi connectivity index (χ1n) is 5.30. The van der Waals surface area contributed by atoms with Crippen molar-refractivity contribution in [3.63, 3.8) is 0 Å². The third-order valence-corrected chi connectivity index (χ3v) is 2.66. The molecule has 0 fully saturated rings. The van der Waals surface area contributed by atoms with Crippen LogP contribution < -0.4 is 0 Å². The fourth-order valence-corrected chi connectivity index (χ4v) is 1.56. The SMILES string of the molecule is CCOC(C)C(=O)c1cccc(C)c1C. The molecule has 0 saturated heterocycles. The Hall–Kier alpha value is -1.15. The molecule has 82 valence electrons. The van der Waals surface area contributed by atoms with Crippen molar-refractivity contribution in [3.8, 4) is 0 Å². The molecule has 0 aliphatic rings. The summed E-state index contributed by atoms with van der Waals surface area (Å²) in [5.74, 6) is 0.0676. The molecule has 0 N–H and O–H groups in total. The van der Waals surface area contributed by atoms with E-state index in [0.717, 1.165) is 16.7 Å². The molecule has 1 atom stereocenters.